The Balaban J connectivity index is 1.45. The molecule has 0 radical (unpaired) electrons. The minimum Gasteiger partial charge on any atom is -0.352 e. The number of fused-ring (bicyclic) bond motifs is 1. The summed E-state index contributed by atoms with van der Waals surface area (Å²) in [6.45, 7) is 4.45. The van der Waals surface area contributed by atoms with Crippen molar-refractivity contribution in [3.8, 4) is 0 Å². The van der Waals surface area contributed by atoms with Gasteiger partial charge in [0.2, 0.25) is 11.8 Å². The average molecular weight is 504 g/mol. The maximum Gasteiger partial charge on any atom is 0.261 e. The zero-order chi connectivity index (χ0) is 26.4. The largest absolute Gasteiger partial charge is 0.352 e. The molecule has 4 rings (SSSR count). The Morgan fingerprint density at radius 2 is 1.59 bits per heavy atom. The second-order valence-electron chi connectivity index (χ2n) is 10.1. The Labute approximate surface area is 219 Å². The van der Waals surface area contributed by atoms with Crippen LogP contribution in [0.25, 0.3) is 0 Å². The molecule has 1 atom stereocenters. The monoisotopic (exact) mass is 503 g/mol. The zero-order valence-electron chi connectivity index (χ0n) is 21.9. The fourth-order valence-electron chi connectivity index (χ4n) is 5.41. The number of hydrogen-bond donors (Lipinski definition) is 1. The van der Waals surface area contributed by atoms with E-state index in [1.807, 2.05) is 38.1 Å². The highest BCUT2D eigenvalue weighted by Crippen LogP contribution is 2.24. The van der Waals surface area contributed by atoms with E-state index in [4.69, 9.17) is 0 Å². The summed E-state index contributed by atoms with van der Waals surface area (Å²) in [7, 11) is 0. The van der Waals surface area contributed by atoms with Crippen molar-refractivity contribution in [2.24, 2.45) is 0 Å². The molecule has 1 N–H and O–H groups in total. The van der Waals surface area contributed by atoms with Gasteiger partial charge in [-0.15, -0.1) is 0 Å². The smallest absolute Gasteiger partial charge is 0.261 e. The van der Waals surface area contributed by atoms with Crippen molar-refractivity contribution in [1.29, 1.82) is 0 Å². The van der Waals surface area contributed by atoms with Crippen molar-refractivity contribution in [2.75, 3.05) is 6.54 Å². The molecule has 1 aliphatic heterocycles. The first kappa shape index (κ1) is 26.6. The van der Waals surface area contributed by atoms with E-state index >= 15 is 0 Å². The van der Waals surface area contributed by atoms with Crippen LogP contribution in [0.4, 0.5) is 0 Å². The summed E-state index contributed by atoms with van der Waals surface area (Å²) >= 11 is 0. The number of aryl methyl sites for hydroxylation is 1. The number of nitrogens with zero attached hydrogens (tertiary/aromatic N) is 2. The molecule has 1 aliphatic carbocycles. The number of imide groups is 1. The molecule has 196 valence electrons. The highest BCUT2D eigenvalue weighted by Gasteiger charge is 2.35. The predicted octanol–water partition coefficient (Wildman–Crippen LogP) is 4.63. The third kappa shape index (κ3) is 6.09. The lowest BCUT2D eigenvalue weighted by molar-refractivity contribution is -0.142. The molecule has 0 saturated heterocycles. The van der Waals surface area contributed by atoms with Crippen molar-refractivity contribution in [3.05, 3.63) is 70.8 Å². The summed E-state index contributed by atoms with van der Waals surface area (Å²) < 4.78 is 0. The zero-order valence-corrected chi connectivity index (χ0v) is 21.9. The summed E-state index contributed by atoms with van der Waals surface area (Å²) in [5, 5.41) is 3.20. The quantitative estimate of drug-likeness (QED) is 0.479. The molecule has 1 heterocycles. The molecule has 7 nitrogen and oxygen atoms in total. The summed E-state index contributed by atoms with van der Waals surface area (Å²) in [5.41, 5.74) is 2.88. The van der Waals surface area contributed by atoms with Gasteiger partial charge < -0.3 is 10.2 Å². The molecule has 2 aromatic rings. The average Bonchev–Trinajstić information content (AvgIpc) is 3.15. The fourth-order valence-corrected chi connectivity index (χ4v) is 5.41. The topological polar surface area (TPSA) is 86.8 Å². The highest BCUT2D eigenvalue weighted by molar-refractivity contribution is 6.21. The molecule has 2 aliphatic rings. The number of rotatable bonds is 10. The van der Waals surface area contributed by atoms with E-state index in [0.717, 1.165) is 36.8 Å². The number of benzene rings is 2. The van der Waals surface area contributed by atoms with Crippen LogP contribution in [0.1, 0.15) is 90.1 Å². The van der Waals surface area contributed by atoms with Crippen LogP contribution in [0, 0.1) is 6.92 Å². The van der Waals surface area contributed by atoms with Crippen LogP contribution >= 0.6 is 0 Å². The first-order valence-electron chi connectivity index (χ1n) is 13.5. The van der Waals surface area contributed by atoms with Gasteiger partial charge in [-0.2, -0.15) is 0 Å². The van der Waals surface area contributed by atoms with E-state index in [0.29, 0.717) is 30.5 Å². The molecule has 0 spiro atoms. The Morgan fingerprint density at radius 1 is 0.973 bits per heavy atom. The summed E-state index contributed by atoms with van der Waals surface area (Å²) in [6, 6.07) is 14.3. The van der Waals surface area contributed by atoms with E-state index in [2.05, 4.69) is 5.32 Å². The molecule has 0 aromatic heterocycles. The minimum atomic E-state index is -0.576. The molecular formula is C30H37N3O4. The fraction of sp³-hybridized carbons (Fsp3) is 0.467. The van der Waals surface area contributed by atoms with Gasteiger partial charge in [0.25, 0.3) is 11.8 Å². The molecule has 37 heavy (non-hydrogen) atoms. The van der Waals surface area contributed by atoms with Crippen LogP contribution < -0.4 is 5.32 Å². The van der Waals surface area contributed by atoms with Gasteiger partial charge in [-0.3, -0.25) is 24.1 Å². The Bertz CT molecular complexity index is 1120. The van der Waals surface area contributed by atoms with Crippen molar-refractivity contribution in [1.82, 2.24) is 15.1 Å². The summed E-state index contributed by atoms with van der Waals surface area (Å²) in [6.07, 6.45) is 6.39. The molecule has 4 amide bonds. The SMILES string of the molecule is CC[C@H](C(=O)NC1CCCCC1)N(Cc1ccccc1C)C(=O)CCCN1C(=O)c2ccccc2C1=O. The van der Waals surface area contributed by atoms with Gasteiger partial charge in [-0.25, -0.2) is 0 Å². The highest BCUT2D eigenvalue weighted by atomic mass is 16.2. The normalized spacial score (nSPS) is 16.4. The van der Waals surface area contributed by atoms with Crippen LogP contribution in [0.15, 0.2) is 48.5 Å². The van der Waals surface area contributed by atoms with Gasteiger partial charge in [0.15, 0.2) is 0 Å². The van der Waals surface area contributed by atoms with Crippen molar-refractivity contribution < 1.29 is 19.2 Å². The molecular weight excluding hydrogens is 466 g/mol. The molecule has 2 aromatic carbocycles. The third-order valence-electron chi connectivity index (χ3n) is 7.59. The molecule has 1 saturated carbocycles. The second-order valence-corrected chi connectivity index (χ2v) is 10.1. The standard InChI is InChI=1S/C30H37N3O4/c1-3-26(28(35)31-23-14-5-4-6-15-23)33(20-22-13-8-7-12-21(22)2)27(34)18-11-19-32-29(36)24-16-9-10-17-25(24)30(32)37/h7-10,12-13,16-17,23,26H,3-6,11,14-15,18-20H2,1-2H3,(H,31,35)/t26-/m1/s1. The van der Waals surface area contributed by atoms with Gasteiger partial charge in [-0.05, 0) is 55.9 Å². The van der Waals surface area contributed by atoms with E-state index in [9.17, 15) is 19.2 Å². The summed E-state index contributed by atoms with van der Waals surface area (Å²) in [4.78, 5) is 55.2. The first-order valence-corrected chi connectivity index (χ1v) is 13.5. The van der Waals surface area contributed by atoms with Gasteiger partial charge in [0.05, 0.1) is 11.1 Å². The third-order valence-corrected chi connectivity index (χ3v) is 7.59. The lowest BCUT2D eigenvalue weighted by atomic mass is 9.95. The number of nitrogens with one attached hydrogen (secondary N) is 1. The van der Waals surface area contributed by atoms with Gasteiger partial charge in [-0.1, -0.05) is 62.6 Å². The lowest BCUT2D eigenvalue weighted by Crippen LogP contribution is -2.51. The minimum absolute atomic E-state index is 0.100. The molecule has 0 bridgehead atoms. The van der Waals surface area contributed by atoms with Crippen LogP contribution in [0.3, 0.4) is 0 Å². The van der Waals surface area contributed by atoms with E-state index in [1.165, 1.54) is 11.3 Å². The van der Waals surface area contributed by atoms with Gasteiger partial charge in [0, 0.05) is 25.6 Å². The molecule has 0 unspecified atom stereocenters. The van der Waals surface area contributed by atoms with Crippen LogP contribution in [0.5, 0.6) is 0 Å². The van der Waals surface area contributed by atoms with Gasteiger partial charge in [0.1, 0.15) is 6.04 Å². The van der Waals surface area contributed by atoms with Crippen molar-refractivity contribution >= 4 is 23.6 Å². The number of carbonyl (C=O) groups is 4. The number of hydrogen-bond acceptors (Lipinski definition) is 4. The molecule has 7 heteroatoms. The Kier molecular flexibility index (Phi) is 8.74. The lowest BCUT2D eigenvalue weighted by Gasteiger charge is -2.33. The first-order chi connectivity index (χ1) is 17.9. The number of amides is 4. The van der Waals surface area contributed by atoms with E-state index in [-0.39, 0.29) is 42.6 Å². The number of carbonyl (C=O) groups excluding carboxylic acids is 4. The van der Waals surface area contributed by atoms with Crippen molar-refractivity contribution in [3.63, 3.8) is 0 Å². The van der Waals surface area contributed by atoms with E-state index < -0.39 is 6.04 Å². The van der Waals surface area contributed by atoms with Crippen LogP contribution in [0.2, 0.25) is 0 Å². The maximum atomic E-state index is 13.6. The predicted molar refractivity (Wildman–Crippen MR) is 142 cm³/mol. The van der Waals surface area contributed by atoms with Crippen LogP contribution in [-0.2, 0) is 16.1 Å². The second kappa shape index (κ2) is 12.2. The van der Waals surface area contributed by atoms with Crippen LogP contribution in [-0.4, -0.2) is 52.1 Å². The summed E-state index contributed by atoms with van der Waals surface area (Å²) in [5.74, 6) is -0.881. The Hall–Kier alpha value is -3.48. The van der Waals surface area contributed by atoms with Crippen molar-refractivity contribution in [2.45, 2.75) is 83.8 Å². The maximum absolute atomic E-state index is 13.6. The van der Waals surface area contributed by atoms with Gasteiger partial charge >= 0.3 is 0 Å². The Morgan fingerprint density at radius 3 is 2.22 bits per heavy atom. The van der Waals surface area contributed by atoms with E-state index in [1.54, 1.807) is 29.2 Å². The molecule has 1 fully saturated rings.